The number of amides is 2. The van der Waals surface area contributed by atoms with Crippen LogP contribution in [0.15, 0.2) is 57.9 Å². The van der Waals surface area contributed by atoms with E-state index in [0.29, 0.717) is 12.0 Å². The minimum Gasteiger partial charge on any atom is -0.368 e. The van der Waals surface area contributed by atoms with Crippen LogP contribution in [0.25, 0.3) is 0 Å². The van der Waals surface area contributed by atoms with E-state index in [1.54, 1.807) is 23.9 Å². The Balaban J connectivity index is 1.43. The van der Waals surface area contributed by atoms with Crippen LogP contribution in [0.5, 0.6) is 0 Å². The van der Waals surface area contributed by atoms with Crippen LogP contribution >= 0.6 is 27.7 Å². The van der Waals surface area contributed by atoms with E-state index in [1.807, 2.05) is 29.2 Å². The number of thioether (sulfide) groups is 1. The van der Waals surface area contributed by atoms with Gasteiger partial charge in [0.2, 0.25) is 11.8 Å². The fourth-order valence-corrected chi connectivity index (χ4v) is 4.10. The number of piperazine rings is 1. The molecule has 2 amide bonds. The SMILES string of the molecule is NC(=O)c1ccc(N2CCN(C(=O)CCSc3ccc(Br)cc3)CC2)cc1. The fraction of sp³-hybridized carbons (Fsp3) is 0.300. The predicted molar refractivity (Wildman–Crippen MR) is 113 cm³/mol. The summed E-state index contributed by atoms with van der Waals surface area (Å²) < 4.78 is 1.06. The molecule has 3 rings (SSSR count). The monoisotopic (exact) mass is 447 g/mol. The Morgan fingerprint density at radius 2 is 1.59 bits per heavy atom. The maximum Gasteiger partial charge on any atom is 0.248 e. The van der Waals surface area contributed by atoms with Gasteiger partial charge in [0.1, 0.15) is 0 Å². The quantitative estimate of drug-likeness (QED) is 0.689. The predicted octanol–water partition coefficient (Wildman–Crippen LogP) is 3.38. The number of carbonyl (C=O) groups excluding carboxylic acids is 2. The summed E-state index contributed by atoms with van der Waals surface area (Å²) in [6.45, 7) is 3.03. The van der Waals surface area contributed by atoms with Gasteiger partial charge in [0, 0.05) is 59.0 Å². The Labute approximate surface area is 172 Å². The number of primary amides is 1. The molecule has 2 aromatic rings. The number of halogens is 1. The lowest BCUT2D eigenvalue weighted by atomic mass is 10.1. The lowest BCUT2D eigenvalue weighted by Crippen LogP contribution is -2.48. The number of hydrogen-bond acceptors (Lipinski definition) is 4. The fourth-order valence-electron chi connectivity index (χ4n) is 3.00. The Morgan fingerprint density at radius 3 is 2.19 bits per heavy atom. The maximum absolute atomic E-state index is 12.4. The second kappa shape index (κ2) is 9.28. The van der Waals surface area contributed by atoms with Crippen LogP contribution in [0.2, 0.25) is 0 Å². The van der Waals surface area contributed by atoms with Gasteiger partial charge in [-0.25, -0.2) is 0 Å². The Kier molecular flexibility index (Phi) is 6.79. The highest BCUT2D eigenvalue weighted by Crippen LogP contribution is 2.22. The summed E-state index contributed by atoms with van der Waals surface area (Å²) in [5, 5.41) is 0. The number of hydrogen-bond donors (Lipinski definition) is 1. The topological polar surface area (TPSA) is 66.6 Å². The van der Waals surface area contributed by atoms with E-state index in [2.05, 4.69) is 33.0 Å². The summed E-state index contributed by atoms with van der Waals surface area (Å²) in [6, 6.07) is 15.4. The van der Waals surface area contributed by atoms with E-state index in [9.17, 15) is 9.59 Å². The number of nitrogens with zero attached hydrogens (tertiary/aromatic N) is 2. The van der Waals surface area contributed by atoms with Gasteiger partial charge in [-0.1, -0.05) is 15.9 Å². The molecule has 0 saturated carbocycles. The third-order valence-electron chi connectivity index (χ3n) is 4.55. The van der Waals surface area contributed by atoms with Crippen molar-refractivity contribution < 1.29 is 9.59 Å². The Bertz CT molecular complexity index is 788. The number of anilines is 1. The molecule has 0 aromatic heterocycles. The van der Waals surface area contributed by atoms with Gasteiger partial charge in [0.25, 0.3) is 0 Å². The minimum atomic E-state index is -0.419. The van der Waals surface area contributed by atoms with Crippen molar-refractivity contribution in [3.63, 3.8) is 0 Å². The molecular formula is C20H22BrN3O2S. The zero-order valence-electron chi connectivity index (χ0n) is 14.9. The molecule has 1 heterocycles. The first-order valence-corrected chi connectivity index (χ1v) is 10.6. The molecule has 0 unspecified atom stereocenters. The maximum atomic E-state index is 12.4. The normalized spacial score (nSPS) is 14.3. The Morgan fingerprint density at radius 1 is 0.963 bits per heavy atom. The molecule has 2 N–H and O–H groups in total. The van der Waals surface area contributed by atoms with Crippen molar-refractivity contribution in [3.05, 3.63) is 58.6 Å². The first-order chi connectivity index (χ1) is 13.0. The van der Waals surface area contributed by atoms with E-state index in [1.165, 1.54) is 4.90 Å². The molecule has 142 valence electrons. The average molecular weight is 448 g/mol. The van der Waals surface area contributed by atoms with Crippen LogP contribution in [0.4, 0.5) is 5.69 Å². The molecule has 2 aromatic carbocycles. The minimum absolute atomic E-state index is 0.211. The van der Waals surface area contributed by atoms with Crippen LogP contribution < -0.4 is 10.6 Å². The highest BCUT2D eigenvalue weighted by Gasteiger charge is 2.21. The van der Waals surface area contributed by atoms with Crippen LogP contribution in [-0.2, 0) is 4.79 Å². The third-order valence-corrected chi connectivity index (χ3v) is 6.09. The third kappa shape index (κ3) is 5.49. The van der Waals surface area contributed by atoms with Crippen LogP contribution in [0.1, 0.15) is 16.8 Å². The molecule has 0 radical (unpaired) electrons. The first-order valence-electron chi connectivity index (χ1n) is 8.84. The summed E-state index contributed by atoms with van der Waals surface area (Å²) >= 11 is 5.13. The van der Waals surface area contributed by atoms with Gasteiger partial charge in [-0.2, -0.15) is 0 Å². The molecule has 1 aliphatic heterocycles. The van der Waals surface area contributed by atoms with Crippen molar-refractivity contribution in [1.29, 1.82) is 0 Å². The average Bonchev–Trinajstić information content (AvgIpc) is 2.69. The van der Waals surface area contributed by atoms with Gasteiger partial charge >= 0.3 is 0 Å². The summed E-state index contributed by atoms with van der Waals surface area (Å²) in [7, 11) is 0. The smallest absolute Gasteiger partial charge is 0.248 e. The summed E-state index contributed by atoms with van der Waals surface area (Å²) in [5.74, 6) is 0.580. The standard InChI is InChI=1S/C20H22BrN3O2S/c21-16-3-7-18(8-4-16)27-14-9-19(25)24-12-10-23(11-13-24)17-5-1-15(2-6-17)20(22)26/h1-8H,9-14H2,(H2,22,26). The molecule has 7 heteroatoms. The zero-order valence-corrected chi connectivity index (χ0v) is 17.3. The lowest BCUT2D eigenvalue weighted by Gasteiger charge is -2.36. The highest BCUT2D eigenvalue weighted by atomic mass is 79.9. The van der Waals surface area contributed by atoms with Crippen molar-refractivity contribution in [1.82, 2.24) is 4.90 Å². The number of nitrogens with two attached hydrogens (primary N) is 1. The van der Waals surface area contributed by atoms with E-state index in [4.69, 9.17) is 5.73 Å². The van der Waals surface area contributed by atoms with Gasteiger partial charge in [-0.15, -0.1) is 11.8 Å². The molecule has 0 aliphatic carbocycles. The molecule has 0 spiro atoms. The molecule has 1 saturated heterocycles. The Hall–Kier alpha value is -1.99. The van der Waals surface area contributed by atoms with Crippen LogP contribution in [0, 0.1) is 0 Å². The summed E-state index contributed by atoms with van der Waals surface area (Å²) in [6.07, 6.45) is 0.550. The number of benzene rings is 2. The molecular weight excluding hydrogens is 426 g/mol. The van der Waals surface area contributed by atoms with Gasteiger partial charge < -0.3 is 15.5 Å². The molecule has 27 heavy (non-hydrogen) atoms. The zero-order chi connectivity index (χ0) is 19.2. The van der Waals surface area contributed by atoms with Crippen molar-refractivity contribution in [2.45, 2.75) is 11.3 Å². The molecule has 5 nitrogen and oxygen atoms in total. The van der Waals surface area contributed by atoms with Crippen molar-refractivity contribution in [2.75, 3.05) is 36.8 Å². The largest absolute Gasteiger partial charge is 0.368 e. The summed E-state index contributed by atoms with van der Waals surface area (Å²) in [5.41, 5.74) is 6.84. The first kappa shape index (κ1) is 19.8. The van der Waals surface area contributed by atoms with Gasteiger partial charge in [0.15, 0.2) is 0 Å². The highest BCUT2D eigenvalue weighted by molar-refractivity contribution is 9.10. The second-order valence-electron chi connectivity index (χ2n) is 6.33. The molecule has 0 bridgehead atoms. The van der Waals surface area contributed by atoms with E-state index >= 15 is 0 Å². The van der Waals surface area contributed by atoms with Gasteiger partial charge in [0.05, 0.1) is 0 Å². The van der Waals surface area contributed by atoms with Crippen LogP contribution in [0.3, 0.4) is 0 Å². The van der Waals surface area contributed by atoms with Gasteiger partial charge in [-0.3, -0.25) is 9.59 Å². The number of carbonyl (C=O) groups is 2. The second-order valence-corrected chi connectivity index (χ2v) is 8.42. The van der Waals surface area contributed by atoms with E-state index < -0.39 is 5.91 Å². The molecule has 0 atom stereocenters. The van der Waals surface area contributed by atoms with Crippen molar-refractivity contribution >= 4 is 45.2 Å². The van der Waals surface area contributed by atoms with Crippen molar-refractivity contribution in [2.24, 2.45) is 5.73 Å². The van der Waals surface area contributed by atoms with Crippen molar-refractivity contribution in [3.8, 4) is 0 Å². The van der Waals surface area contributed by atoms with E-state index in [0.717, 1.165) is 42.1 Å². The van der Waals surface area contributed by atoms with Crippen LogP contribution in [-0.4, -0.2) is 48.6 Å². The lowest BCUT2D eigenvalue weighted by molar-refractivity contribution is -0.131. The molecule has 1 fully saturated rings. The van der Waals surface area contributed by atoms with E-state index in [-0.39, 0.29) is 5.91 Å². The summed E-state index contributed by atoms with van der Waals surface area (Å²) in [4.78, 5) is 28.9. The van der Waals surface area contributed by atoms with Gasteiger partial charge in [-0.05, 0) is 48.5 Å². The number of rotatable bonds is 6. The molecule has 1 aliphatic rings.